The highest BCUT2D eigenvalue weighted by molar-refractivity contribution is 5.55. The number of benzene rings is 1. The van der Waals surface area contributed by atoms with Crippen molar-refractivity contribution in [1.82, 2.24) is 0 Å². The first-order valence-corrected chi connectivity index (χ1v) is 4.14. The smallest absolute Gasteiger partial charge is 0.117 e. The fraction of sp³-hybridized carbons (Fsp3) is 0.400. The number of rotatable bonds is 2. The lowest BCUT2D eigenvalue weighted by atomic mass is 10.1. The second-order valence-corrected chi connectivity index (χ2v) is 3.06. The van der Waals surface area contributed by atoms with Crippen LogP contribution in [0.1, 0.15) is 12.5 Å². The minimum atomic E-state index is 0.330. The Morgan fingerprint density at radius 3 is 2.50 bits per heavy atom. The van der Waals surface area contributed by atoms with Crippen molar-refractivity contribution in [3.05, 3.63) is 23.8 Å². The van der Waals surface area contributed by atoms with Gasteiger partial charge in [-0.2, -0.15) is 0 Å². The summed E-state index contributed by atoms with van der Waals surface area (Å²) in [7, 11) is 3.96. The molecule has 0 aliphatic rings. The van der Waals surface area contributed by atoms with Crippen LogP contribution in [0.15, 0.2) is 18.2 Å². The van der Waals surface area contributed by atoms with Crippen molar-refractivity contribution in [2.24, 2.45) is 0 Å². The van der Waals surface area contributed by atoms with Gasteiger partial charge in [-0.3, -0.25) is 0 Å². The number of phenolic OH excluding ortho intramolecular Hbond substituents is 1. The van der Waals surface area contributed by atoms with Gasteiger partial charge >= 0.3 is 0 Å². The zero-order valence-electron chi connectivity index (χ0n) is 7.83. The first-order valence-electron chi connectivity index (χ1n) is 4.14. The van der Waals surface area contributed by atoms with Gasteiger partial charge in [-0.1, -0.05) is 13.0 Å². The second-order valence-electron chi connectivity index (χ2n) is 3.06. The van der Waals surface area contributed by atoms with E-state index in [1.54, 1.807) is 12.1 Å². The number of phenols is 1. The summed E-state index contributed by atoms with van der Waals surface area (Å²) in [4.78, 5) is 2.01. The SMILES string of the molecule is CCc1ccc(O)cc1N(C)C. The molecule has 2 nitrogen and oxygen atoms in total. The summed E-state index contributed by atoms with van der Waals surface area (Å²) >= 11 is 0. The maximum atomic E-state index is 9.26. The molecule has 2 heteroatoms. The van der Waals surface area contributed by atoms with E-state index in [4.69, 9.17) is 0 Å². The molecule has 1 aromatic rings. The molecule has 66 valence electrons. The van der Waals surface area contributed by atoms with Crippen molar-refractivity contribution < 1.29 is 5.11 Å². The Hall–Kier alpha value is -1.18. The molecule has 1 rings (SSSR count). The van der Waals surface area contributed by atoms with Gasteiger partial charge in [-0.15, -0.1) is 0 Å². The monoisotopic (exact) mass is 165 g/mol. The molecule has 1 N–H and O–H groups in total. The molecular formula is C10H15NO. The van der Waals surface area contributed by atoms with Crippen LogP contribution in [-0.4, -0.2) is 19.2 Å². The summed E-state index contributed by atoms with van der Waals surface area (Å²) in [5.41, 5.74) is 2.36. The molecule has 0 fully saturated rings. The fourth-order valence-corrected chi connectivity index (χ4v) is 1.27. The van der Waals surface area contributed by atoms with Gasteiger partial charge in [0.2, 0.25) is 0 Å². The maximum Gasteiger partial charge on any atom is 0.117 e. The molecule has 0 aromatic heterocycles. The standard InChI is InChI=1S/C10H15NO/c1-4-8-5-6-9(12)7-10(8)11(2)3/h5-7,12H,4H2,1-3H3. The number of hydrogen-bond donors (Lipinski definition) is 1. The van der Waals surface area contributed by atoms with E-state index in [0.717, 1.165) is 12.1 Å². The molecule has 0 saturated carbocycles. The zero-order valence-corrected chi connectivity index (χ0v) is 7.83. The van der Waals surface area contributed by atoms with Crippen molar-refractivity contribution in [1.29, 1.82) is 0 Å². The zero-order chi connectivity index (χ0) is 9.14. The van der Waals surface area contributed by atoms with E-state index in [1.165, 1.54) is 5.56 Å². The van der Waals surface area contributed by atoms with E-state index in [0.29, 0.717) is 5.75 Å². The number of hydrogen-bond acceptors (Lipinski definition) is 2. The lowest BCUT2D eigenvalue weighted by Crippen LogP contribution is -2.10. The van der Waals surface area contributed by atoms with Gasteiger partial charge in [0.15, 0.2) is 0 Å². The predicted molar refractivity (Wildman–Crippen MR) is 51.8 cm³/mol. The Kier molecular flexibility index (Phi) is 2.58. The summed E-state index contributed by atoms with van der Waals surface area (Å²) in [6.45, 7) is 2.11. The molecule has 0 aliphatic carbocycles. The van der Waals surface area contributed by atoms with Crippen LogP contribution in [0.2, 0.25) is 0 Å². The lowest BCUT2D eigenvalue weighted by molar-refractivity contribution is 0.475. The summed E-state index contributed by atoms with van der Waals surface area (Å²) in [6, 6.07) is 5.48. The molecule has 12 heavy (non-hydrogen) atoms. The molecule has 0 spiro atoms. The first kappa shape index (κ1) is 8.91. The van der Waals surface area contributed by atoms with Crippen molar-refractivity contribution in [3.63, 3.8) is 0 Å². The molecule has 0 heterocycles. The minimum Gasteiger partial charge on any atom is -0.508 e. The summed E-state index contributed by atoms with van der Waals surface area (Å²) in [5, 5.41) is 9.26. The van der Waals surface area contributed by atoms with E-state index < -0.39 is 0 Å². The van der Waals surface area contributed by atoms with Crippen LogP contribution < -0.4 is 4.90 Å². The molecule has 0 radical (unpaired) electrons. The van der Waals surface area contributed by atoms with Gasteiger partial charge in [0.1, 0.15) is 5.75 Å². The van der Waals surface area contributed by atoms with E-state index in [1.807, 2.05) is 25.1 Å². The summed E-state index contributed by atoms with van der Waals surface area (Å²) in [6.07, 6.45) is 0.994. The Balaban J connectivity index is 3.12. The normalized spacial score (nSPS) is 9.92. The van der Waals surface area contributed by atoms with Gasteiger partial charge in [-0.25, -0.2) is 0 Å². The molecule has 0 bridgehead atoms. The third-order valence-electron chi connectivity index (χ3n) is 1.93. The molecule has 0 amide bonds. The average molecular weight is 165 g/mol. The molecule has 0 atom stereocenters. The molecule has 0 saturated heterocycles. The molecular weight excluding hydrogens is 150 g/mol. The maximum absolute atomic E-state index is 9.26. The van der Waals surface area contributed by atoms with Crippen LogP contribution in [-0.2, 0) is 6.42 Å². The van der Waals surface area contributed by atoms with Crippen LogP contribution in [0, 0.1) is 0 Å². The van der Waals surface area contributed by atoms with Crippen LogP contribution in [0.4, 0.5) is 5.69 Å². The van der Waals surface area contributed by atoms with Crippen LogP contribution in [0.3, 0.4) is 0 Å². The van der Waals surface area contributed by atoms with Crippen molar-refractivity contribution >= 4 is 5.69 Å². The Morgan fingerprint density at radius 1 is 1.33 bits per heavy atom. The van der Waals surface area contributed by atoms with Crippen molar-refractivity contribution in [3.8, 4) is 5.75 Å². The van der Waals surface area contributed by atoms with Crippen molar-refractivity contribution in [2.75, 3.05) is 19.0 Å². The van der Waals surface area contributed by atoms with E-state index in [9.17, 15) is 5.11 Å². The lowest BCUT2D eigenvalue weighted by Gasteiger charge is -2.16. The molecule has 0 unspecified atom stereocenters. The topological polar surface area (TPSA) is 23.5 Å². The molecule has 1 aromatic carbocycles. The van der Waals surface area contributed by atoms with Crippen LogP contribution in [0.5, 0.6) is 5.75 Å². The number of anilines is 1. The number of aromatic hydroxyl groups is 1. The number of aryl methyl sites for hydroxylation is 1. The largest absolute Gasteiger partial charge is 0.508 e. The van der Waals surface area contributed by atoms with Crippen LogP contribution >= 0.6 is 0 Å². The highest BCUT2D eigenvalue weighted by atomic mass is 16.3. The number of nitrogens with zero attached hydrogens (tertiary/aromatic N) is 1. The Morgan fingerprint density at radius 2 is 2.00 bits per heavy atom. The first-order chi connectivity index (χ1) is 5.65. The Labute approximate surface area is 73.4 Å². The van der Waals surface area contributed by atoms with Gasteiger partial charge < -0.3 is 10.0 Å². The third-order valence-corrected chi connectivity index (χ3v) is 1.93. The predicted octanol–water partition coefficient (Wildman–Crippen LogP) is 2.02. The van der Waals surface area contributed by atoms with E-state index in [-0.39, 0.29) is 0 Å². The average Bonchev–Trinajstić information content (AvgIpc) is 2.04. The highest BCUT2D eigenvalue weighted by Gasteiger charge is 2.02. The second kappa shape index (κ2) is 3.48. The van der Waals surface area contributed by atoms with Gasteiger partial charge in [0.05, 0.1) is 0 Å². The molecule has 0 aliphatic heterocycles. The van der Waals surface area contributed by atoms with E-state index >= 15 is 0 Å². The van der Waals surface area contributed by atoms with Gasteiger partial charge in [0.25, 0.3) is 0 Å². The quantitative estimate of drug-likeness (QED) is 0.724. The third kappa shape index (κ3) is 1.70. The Bertz CT molecular complexity index is 269. The van der Waals surface area contributed by atoms with Gasteiger partial charge in [-0.05, 0) is 18.1 Å². The highest BCUT2D eigenvalue weighted by Crippen LogP contribution is 2.23. The minimum absolute atomic E-state index is 0.330. The van der Waals surface area contributed by atoms with Gasteiger partial charge in [0, 0.05) is 25.8 Å². The van der Waals surface area contributed by atoms with E-state index in [2.05, 4.69) is 6.92 Å². The van der Waals surface area contributed by atoms with Crippen molar-refractivity contribution in [2.45, 2.75) is 13.3 Å². The fourth-order valence-electron chi connectivity index (χ4n) is 1.27. The summed E-state index contributed by atoms with van der Waals surface area (Å²) in [5.74, 6) is 0.330. The summed E-state index contributed by atoms with van der Waals surface area (Å²) < 4.78 is 0. The van der Waals surface area contributed by atoms with Crippen LogP contribution in [0.25, 0.3) is 0 Å².